The standard InChI is InChI=1S/C21H28N4O3/c1-14-20(15(2)28-24-14)19-13-22-17(12-23-19)5-6-18-4-3-9-25(18)21(26)16-7-10-27-11-8-16/h12-13,16,18H,3-11H2,1-2H3/t18-/m1/s1. The highest BCUT2D eigenvalue weighted by Crippen LogP contribution is 2.27. The van der Waals surface area contributed by atoms with Crippen molar-refractivity contribution < 1.29 is 14.1 Å². The lowest BCUT2D eigenvalue weighted by atomic mass is 9.97. The first kappa shape index (κ1) is 19.1. The molecule has 0 aliphatic carbocycles. The number of amides is 1. The maximum Gasteiger partial charge on any atom is 0.226 e. The van der Waals surface area contributed by atoms with E-state index in [-0.39, 0.29) is 5.92 Å². The van der Waals surface area contributed by atoms with Gasteiger partial charge in [0.05, 0.1) is 28.8 Å². The molecule has 4 heterocycles. The van der Waals surface area contributed by atoms with Crippen LogP contribution in [-0.4, -0.2) is 51.7 Å². The number of likely N-dealkylation sites (tertiary alicyclic amines) is 1. The zero-order valence-electron chi connectivity index (χ0n) is 16.7. The van der Waals surface area contributed by atoms with Gasteiger partial charge in [-0.25, -0.2) is 0 Å². The highest BCUT2D eigenvalue weighted by Gasteiger charge is 2.33. The molecule has 2 aliphatic heterocycles. The van der Waals surface area contributed by atoms with Gasteiger partial charge >= 0.3 is 0 Å². The Hall–Kier alpha value is -2.28. The van der Waals surface area contributed by atoms with E-state index < -0.39 is 0 Å². The number of carbonyl (C=O) groups is 1. The molecule has 28 heavy (non-hydrogen) atoms. The minimum absolute atomic E-state index is 0.142. The number of carbonyl (C=O) groups excluding carboxylic acids is 1. The molecule has 0 bridgehead atoms. The summed E-state index contributed by atoms with van der Waals surface area (Å²) in [4.78, 5) is 24.1. The Morgan fingerprint density at radius 1 is 1.18 bits per heavy atom. The van der Waals surface area contributed by atoms with Gasteiger partial charge in [0, 0.05) is 37.9 Å². The van der Waals surface area contributed by atoms with Crippen molar-refractivity contribution >= 4 is 5.91 Å². The molecule has 0 spiro atoms. The zero-order chi connectivity index (χ0) is 19.5. The van der Waals surface area contributed by atoms with Crippen LogP contribution in [0, 0.1) is 19.8 Å². The van der Waals surface area contributed by atoms with Crippen LogP contribution in [0.5, 0.6) is 0 Å². The summed E-state index contributed by atoms with van der Waals surface area (Å²) in [6.45, 7) is 6.10. The molecule has 1 amide bonds. The second kappa shape index (κ2) is 8.39. The number of ether oxygens (including phenoxy) is 1. The number of hydrogen-bond acceptors (Lipinski definition) is 6. The number of aromatic nitrogens is 3. The molecular weight excluding hydrogens is 356 g/mol. The molecule has 150 valence electrons. The number of aryl methyl sites for hydroxylation is 3. The fraction of sp³-hybridized carbons (Fsp3) is 0.619. The third-order valence-corrected chi connectivity index (χ3v) is 5.96. The molecule has 0 aromatic carbocycles. The zero-order valence-corrected chi connectivity index (χ0v) is 16.7. The van der Waals surface area contributed by atoms with Crippen LogP contribution in [0.2, 0.25) is 0 Å². The van der Waals surface area contributed by atoms with E-state index in [4.69, 9.17) is 9.26 Å². The van der Waals surface area contributed by atoms with Crippen molar-refractivity contribution in [3.05, 3.63) is 29.5 Å². The van der Waals surface area contributed by atoms with E-state index in [1.807, 2.05) is 20.0 Å². The second-order valence-electron chi connectivity index (χ2n) is 7.85. The Morgan fingerprint density at radius 3 is 2.68 bits per heavy atom. The Labute approximate surface area is 165 Å². The first-order valence-electron chi connectivity index (χ1n) is 10.3. The minimum Gasteiger partial charge on any atom is -0.381 e. The fourth-order valence-electron chi connectivity index (χ4n) is 4.38. The molecule has 7 nitrogen and oxygen atoms in total. The largest absolute Gasteiger partial charge is 0.381 e. The molecular formula is C21H28N4O3. The van der Waals surface area contributed by atoms with E-state index in [0.717, 1.165) is 73.5 Å². The van der Waals surface area contributed by atoms with Crippen LogP contribution in [0.15, 0.2) is 16.9 Å². The molecule has 0 radical (unpaired) electrons. The van der Waals surface area contributed by atoms with E-state index in [0.29, 0.717) is 25.2 Å². The molecule has 2 fully saturated rings. The van der Waals surface area contributed by atoms with Gasteiger partial charge in [0.2, 0.25) is 5.91 Å². The van der Waals surface area contributed by atoms with Gasteiger partial charge in [-0.2, -0.15) is 0 Å². The average Bonchev–Trinajstić information content (AvgIpc) is 3.33. The van der Waals surface area contributed by atoms with Gasteiger partial charge in [-0.1, -0.05) is 5.16 Å². The molecule has 2 aliphatic rings. The normalized spacial score (nSPS) is 20.6. The van der Waals surface area contributed by atoms with Crippen molar-refractivity contribution in [2.75, 3.05) is 19.8 Å². The maximum atomic E-state index is 12.9. The smallest absolute Gasteiger partial charge is 0.226 e. The Balaban J connectivity index is 1.36. The Bertz CT molecular complexity index is 792. The van der Waals surface area contributed by atoms with Gasteiger partial charge < -0.3 is 14.2 Å². The van der Waals surface area contributed by atoms with Gasteiger partial charge in [0.25, 0.3) is 0 Å². The lowest BCUT2D eigenvalue weighted by Crippen LogP contribution is -2.41. The predicted octanol–water partition coefficient (Wildman–Crippen LogP) is 3.10. The number of nitrogens with zero attached hydrogens (tertiary/aromatic N) is 4. The van der Waals surface area contributed by atoms with Crippen LogP contribution in [0.25, 0.3) is 11.3 Å². The van der Waals surface area contributed by atoms with Crippen molar-refractivity contribution in [1.29, 1.82) is 0 Å². The molecule has 2 aromatic heterocycles. The summed E-state index contributed by atoms with van der Waals surface area (Å²) in [5, 5.41) is 3.98. The van der Waals surface area contributed by atoms with Gasteiger partial charge in [-0.15, -0.1) is 0 Å². The van der Waals surface area contributed by atoms with Crippen molar-refractivity contribution in [1.82, 2.24) is 20.0 Å². The summed E-state index contributed by atoms with van der Waals surface area (Å²) in [7, 11) is 0. The number of rotatable bonds is 5. The third-order valence-electron chi connectivity index (χ3n) is 5.96. The predicted molar refractivity (Wildman–Crippen MR) is 104 cm³/mol. The molecule has 4 rings (SSSR count). The summed E-state index contributed by atoms with van der Waals surface area (Å²) in [5.41, 5.74) is 3.49. The molecule has 1 atom stereocenters. The summed E-state index contributed by atoms with van der Waals surface area (Å²) in [5.74, 6) is 1.22. The summed E-state index contributed by atoms with van der Waals surface area (Å²) < 4.78 is 10.6. The molecule has 2 saturated heterocycles. The first-order chi connectivity index (χ1) is 13.6. The van der Waals surface area contributed by atoms with Gasteiger partial charge in [-0.3, -0.25) is 14.8 Å². The van der Waals surface area contributed by atoms with E-state index in [1.165, 1.54) is 0 Å². The SMILES string of the molecule is Cc1noc(C)c1-c1cnc(CC[C@H]2CCCN2C(=O)C2CCOCC2)cn1. The Morgan fingerprint density at radius 2 is 2.00 bits per heavy atom. The highest BCUT2D eigenvalue weighted by atomic mass is 16.5. The van der Waals surface area contributed by atoms with Crippen LogP contribution < -0.4 is 0 Å². The minimum atomic E-state index is 0.142. The summed E-state index contributed by atoms with van der Waals surface area (Å²) in [6, 6.07) is 0.319. The molecule has 7 heteroatoms. The molecule has 0 saturated carbocycles. The monoisotopic (exact) mass is 384 g/mol. The van der Waals surface area contributed by atoms with E-state index in [1.54, 1.807) is 6.20 Å². The van der Waals surface area contributed by atoms with Crippen LogP contribution in [-0.2, 0) is 16.0 Å². The van der Waals surface area contributed by atoms with Crippen molar-refractivity contribution in [3.63, 3.8) is 0 Å². The van der Waals surface area contributed by atoms with Crippen LogP contribution in [0.1, 0.15) is 49.3 Å². The lowest BCUT2D eigenvalue weighted by Gasteiger charge is -2.30. The van der Waals surface area contributed by atoms with E-state index >= 15 is 0 Å². The van der Waals surface area contributed by atoms with Gasteiger partial charge in [-0.05, 0) is 52.4 Å². The summed E-state index contributed by atoms with van der Waals surface area (Å²) in [6.07, 6.45) is 9.29. The van der Waals surface area contributed by atoms with Crippen molar-refractivity contribution in [2.24, 2.45) is 5.92 Å². The van der Waals surface area contributed by atoms with Gasteiger partial charge in [0.1, 0.15) is 5.76 Å². The molecule has 0 N–H and O–H groups in total. The fourth-order valence-corrected chi connectivity index (χ4v) is 4.38. The van der Waals surface area contributed by atoms with E-state index in [2.05, 4.69) is 20.0 Å². The Kier molecular flexibility index (Phi) is 5.71. The lowest BCUT2D eigenvalue weighted by molar-refractivity contribution is -0.139. The van der Waals surface area contributed by atoms with E-state index in [9.17, 15) is 4.79 Å². The molecule has 0 unspecified atom stereocenters. The summed E-state index contributed by atoms with van der Waals surface area (Å²) >= 11 is 0. The van der Waals surface area contributed by atoms with Crippen LogP contribution in [0.3, 0.4) is 0 Å². The average molecular weight is 384 g/mol. The van der Waals surface area contributed by atoms with Crippen LogP contribution in [0.4, 0.5) is 0 Å². The highest BCUT2D eigenvalue weighted by molar-refractivity contribution is 5.79. The van der Waals surface area contributed by atoms with Crippen LogP contribution >= 0.6 is 0 Å². The molecule has 2 aromatic rings. The quantitative estimate of drug-likeness (QED) is 0.788. The van der Waals surface area contributed by atoms with Crippen molar-refractivity contribution in [2.45, 2.75) is 58.4 Å². The number of hydrogen-bond donors (Lipinski definition) is 0. The maximum absolute atomic E-state index is 12.9. The third kappa shape index (κ3) is 3.94. The van der Waals surface area contributed by atoms with Crippen molar-refractivity contribution in [3.8, 4) is 11.3 Å². The second-order valence-corrected chi connectivity index (χ2v) is 7.85. The first-order valence-corrected chi connectivity index (χ1v) is 10.3. The van der Waals surface area contributed by atoms with Gasteiger partial charge in [0.15, 0.2) is 0 Å². The topological polar surface area (TPSA) is 81.4 Å².